The molecule has 0 fully saturated rings. The van der Waals surface area contributed by atoms with Crippen LogP contribution < -0.4 is 28.4 Å². The van der Waals surface area contributed by atoms with Crippen molar-refractivity contribution >= 4 is 45.4 Å². The zero-order valence-corrected chi connectivity index (χ0v) is 41.6. The smallest absolute Gasteiger partial charge is 0.314 e. The molecule has 0 heterocycles. The molecule has 1 aliphatic carbocycles. The van der Waals surface area contributed by atoms with Gasteiger partial charge in [0, 0.05) is 31.6 Å². The highest BCUT2D eigenvalue weighted by Gasteiger charge is 2.35. The molecule has 10 heteroatoms. The van der Waals surface area contributed by atoms with E-state index in [9.17, 15) is 19.2 Å². The number of fused-ring (bicyclic) bond motifs is 4. The molecular weight excluding hydrogens is 833 g/mol. The third-order valence-corrected chi connectivity index (χ3v) is 13.2. The molecule has 10 nitrogen and oxygen atoms in total. The number of hydrogen-bond donors (Lipinski definition) is 0. The molecular formula is C56H76O10. The van der Waals surface area contributed by atoms with Gasteiger partial charge in [0.1, 0.15) is 23.0 Å². The maximum atomic E-state index is 14.6. The molecule has 0 spiro atoms. The molecule has 1 aliphatic rings. The van der Waals surface area contributed by atoms with E-state index in [0.717, 1.165) is 51.4 Å². The number of unbranched alkanes of at least 4 members (excludes halogenated alkanes) is 4. The van der Waals surface area contributed by atoms with Gasteiger partial charge in [0.15, 0.2) is 11.5 Å². The van der Waals surface area contributed by atoms with Gasteiger partial charge in [0.05, 0.1) is 47.7 Å². The summed E-state index contributed by atoms with van der Waals surface area (Å²) in [4.78, 5) is 58.2. The first-order chi connectivity index (χ1) is 32.0. The molecule has 0 saturated carbocycles. The Bertz CT molecular complexity index is 2350. The summed E-state index contributed by atoms with van der Waals surface area (Å²) in [6.07, 6.45) is 12.0. The van der Waals surface area contributed by atoms with Crippen LogP contribution in [0, 0.1) is 44.5 Å². The minimum absolute atomic E-state index is 0.199. The summed E-state index contributed by atoms with van der Waals surface area (Å²) in [5, 5.41) is 3.54. The molecule has 0 radical (unpaired) electrons. The zero-order valence-electron chi connectivity index (χ0n) is 41.6. The van der Waals surface area contributed by atoms with Crippen LogP contribution in [0.3, 0.4) is 0 Å². The van der Waals surface area contributed by atoms with Crippen molar-refractivity contribution in [3.05, 3.63) is 57.3 Å². The molecule has 66 heavy (non-hydrogen) atoms. The van der Waals surface area contributed by atoms with Crippen molar-refractivity contribution < 1.29 is 47.6 Å². The van der Waals surface area contributed by atoms with Crippen LogP contribution >= 0.6 is 0 Å². The van der Waals surface area contributed by atoms with E-state index in [1.807, 2.05) is 77.9 Å². The van der Waals surface area contributed by atoms with Gasteiger partial charge in [0.2, 0.25) is 0 Å². The summed E-state index contributed by atoms with van der Waals surface area (Å²) in [5.41, 5.74) is 0. The van der Waals surface area contributed by atoms with E-state index in [-0.39, 0.29) is 34.8 Å². The van der Waals surface area contributed by atoms with Gasteiger partial charge < -0.3 is 28.4 Å². The molecule has 0 aliphatic heterocycles. The maximum absolute atomic E-state index is 14.6. The number of hydrogen-bond acceptors (Lipinski definition) is 10. The van der Waals surface area contributed by atoms with Gasteiger partial charge in [-0.15, -0.1) is 0 Å². The van der Waals surface area contributed by atoms with E-state index in [1.54, 1.807) is 0 Å². The first-order valence-corrected chi connectivity index (χ1v) is 25.4. The number of rotatable bonds is 28. The largest absolute Gasteiger partial charge is 0.493 e. The zero-order chi connectivity index (χ0) is 47.9. The average molecular weight is 909 g/mol. The van der Waals surface area contributed by atoms with E-state index in [1.165, 1.54) is 0 Å². The first-order valence-electron chi connectivity index (χ1n) is 25.4. The second kappa shape index (κ2) is 25.1. The molecule has 4 atom stereocenters. The molecule has 0 aromatic heterocycles. The molecule has 0 amide bonds. The van der Waals surface area contributed by atoms with Gasteiger partial charge in [0.25, 0.3) is 0 Å². The monoisotopic (exact) mass is 909 g/mol. The molecule has 4 aromatic carbocycles. The summed E-state index contributed by atoms with van der Waals surface area (Å²) in [6.45, 7) is 20.7. The molecule has 4 aromatic rings. The quantitative estimate of drug-likeness (QED) is 0.0354. The molecule has 5 rings (SSSR count). The summed E-state index contributed by atoms with van der Waals surface area (Å²) in [6, 6.07) is 11.0. The van der Waals surface area contributed by atoms with Crippen molar-refractivity contribution in [2.24, 2.45) is 23.7 Å². The number of carbonyl (C=O) groups excluding carboxylic acids is 4. The Morgan fingerprint density at radius 2 is 0.667 bits per heavy atom. The van der Waals surface area contributed by atoms with Crippen LogP contribution in [0.5, 0.6) is 34.5 Å². The Labute approximate surface area is 392 Å². The lowest BCUT2D eigenvalue weighted by Crippen LogP contribution is -2.24. The van der Waals surface area contributed by atoms with E-state index in [0.29, 0.717) is 118 Å². The normalized spacial score (nSPS) is 13.5. The summed E-state index contributed by atoms with van der Waals surface area (Å²) >= 11 is 0. The number of benzene rings is 4. The standard InChI is InChI=1S/C56H76O10/c1-11-21-27-35(15-5)53(57)63-49-39-31-25-33-41(61-19-9)43(39)51(65-55(59)37(17-7)29-23-13-3)47-45(49)46-48(47)52(66-56(60)38(18-8)30-24-14-4)44-40(32-26-34-42(44)62-20-10)50(46)64-54(58)36(16-6)28-22-12-2/h25-26,31-38H,11-24,27-30H2,1-10H3. The Hall–Kier alpha value is -5.12. The highest BCUT2D eigenvalue weighted by atomic mass is 16.6. The van der Waals surface area contributed by atoms with Crippen LogP contribution in [0.4, 0.5) is 0 Å². The highest BCUT2D eigenvalue weighted by molar-refractivity contribution is 6.04. The fourth-order valence-corrected chi connectivity index (χ4v) is 9.23. The number of ether oxygens (including phenoxy) is 6. The van der Waals surface area contributed by atoms with Gasteiger partial charge >= 0.3 is 23.9 Å². The predicted octanol–water partition coefficient (Wildman–Crippen LogP) is 14.2. The SMILES string of the molecule is CCCCC(CC)C(=O)Oc1c2c(c(OC(=O)C(CC)CCCC)c3c(OCC)cccc13)=c1c(OC(=O)C(CC)CCCC)c3c(OCC)cccc3c(OC(=O)C(CC)CCCC)c1=2. The Morgan fingerprint density at radius 3 is 0.924 bits per heavy atom. The average Bonchev–Trinajstić information content (AvgIpc) is 3.30. The van der Waals surface area contributed by atoms with E-state index in [4.69, 9.17) is 28.4 Å². The fourth-order valence-electron chi connectivity index (χ4n) is 9.23. The lowest BCUT2D eigenvalue weighted by Gasteiger charge is -2.26. The molecule has 0 bridgehead atoms. The van der Waals surface area contributed by atoms with Crippen molar-refractivity contribution in [2.45, 2.75) is 172 Å². The van der Waals surface area contributed by atoms with E-state index in [2.05, 4.69) is 27.7 Å². The van der Waals surface area contributed by atoms with Gasteiger partial charge in [-0.1, -0.05) is 131 Å². The Balaban J connectivity index is 2.10. The van der Waals surface area contributed by atoms with Crippen molar-refractivity contribution in [2.75, 3.05) is 13.2 Å². The fraction of sp³-hybridized carbons (Fsp3) is 0.571. The van der Waals surface area contributed by atoms with Crippen molar-refractivity contribution in [3.8, 4) is 34.5 Å². The Morgan fingerprint density at radius 1 is 0.394 bits per heavy atom. The Kier molecular flexibility index (Phi) is 19.7. The van der Waals surface area contributed by atoms with Gasteiger partial charge in [-0.25, -0.2) is 0 Å². The van der Waals surface area contributed by atoms with Gasteiger partial charge in [-0.2, -0.15) is 0 Å². The summed E-state index contributed by atoms with van der Waals surface area (Å²) in [7, 11) is 0. The second-order valence-corrected chi connectivity index (χ2v) is 17.7. The van der Waals surface area contributed by atoms with Crippen molar-refractivity contribution in [1.82, 2.24) is 0 Å². The van der Waals surface area contributed by atoms with Crippen LogP contribution in [0.25, 0.3) is 21.5 Å². The van der Waals surface area contributed by atoms with Crippen LogP contribution in [-0.4, -0.2) is 37.1 Å². The molecule has 0 saturated heterocycles. The van der Waals surface area contributed by atoms with Crippen LogP contribution in [0.15, 0.2) is 36.4 Å². The minimum Gasteiger partial charge on any atom is -0.493 e. The molecule has 4 unspecified atom stereocenters. The highest BCUT2D eigenvalue weighted by Crippen LogP contribution is 2.51. The van der Waals surface area contributed by atoms with Crippen molar-refractivity contribution in [3.63, 3.8) is 0 Å². The molecule has 0 N–H and O–H groups in total. The minimum atomic E-state index is -0.405. The van der Waals surface area contributed by atoms with E-state index >= 15 is 0 Å². The first kappa shape index (κ1) is 51.9. The lowest BCUT2D eigenvalue weighted by atomic mass is 9.90. The third-order valence-electron chi connectivity index (χ3n) is 13.2. The second-order valence-electron chi connectivity index (χ2n) is 17.7. The predicted molar refractivity (Wildman–Crippen MR) is 261 cm³/mol. The van der Waals surface area contributed by atoms with Gasteiger partial charge in [-0.05, 0) is 77.3 Å². The number of carbonyl (C=O) groups is 4. The summed E-state index contributed by atoms with van der Waals surface area (Å²) in [5.74, 6) is -1.44. The lowest BCUT2D eigenvalue weighted by molar-refractivity contribution is -0.140. The van der Waals surface area contributed by atoms with Crippen LogP contribution in [-0.2, 0) is 19.2 Å². The molecule has 360 valence electrons. The van der Waals surface area contributed by atoms with E-state index < -0.39 is 35.7 Å². The van der Waals surface area contributed by atoms with Crippen LogP contribution in [0.1, 0.15) is 172 Å². The summed E-state index contributed by atoms with van der Waals surface area (Å²) < 4.78 is 39.4. The number of esters is 4. The van der Waals surface area contributed by atoms with Crippen LogP contribution in [0.2, 0.25) is 0 Å². The topological polar surface area (TPSA) is 124 Å². The third kappa shape index (κ3) is 11.2. The maximum Gasteiger partial charge on any atom is 0.314 e. The van der Waals surface area contributed by atoms with Crippen molar-refractivity contribution in [1.29, 1.82) is 0 Å². The van der Waals surface area contributed by atoms with Gasteiger partial charge in [-0.3, -0.25) is 19.2 Å².